The number of nitrogens with zero attached hydrogens (tertiary/aromatic N) is 1. The van der Waals surface area contributed by atoms with Crippen molar-refractivity contribution in [1.82, 2.24) is 4.98 Å². The lowest BCUT2D eigenvalue weighted by molar-refractivity contribution is 1.06. The van der Waals surface area contributed by atoms with Crippen molar-refractivity contribution in [3.05, 3.63) is 40.9 Å². The summed E-state index contributed by atoms with van der Waals surface area (Å²) in [5.74, 6) is 0. The molecule has 4 heteroatoms. The smallest absolute Gasteiger partial charge is 0.154 e. The van der Waals surface area contributed by atoms with E-state index in [0.29, 0.717) is 6.54 Å². The van der Waals surface area contributed by atoms with E-state index in [1.54, 1.807) is 23.1 Å². The first kappa shape index (κ1) is 10.7. The van der Waals surface area contributed by atoms with Crippen LogP contribution in [0.2, 0.25) is 0 Å². The molecular weight excluding hydrogens is 224 g/mol. The second-order valence-electron chi connectivity index (χ2n) is 3.21. The van der Waals surface area contributed by atoms with Gasteiger partial charge in [0.1, 0.15) is 0 Å². The van der Waals surface area contributed by atoms with Crippen LogP contribution in [0.3, 0.4) is 0 Å². The lowest BCUT2D eigenvalue weighted by Crippen LogP contribution is -1.95. The molecule has 0 aliphatic heterocycles. The van der Waals surface area contributed by atoms with E-state index in [0.717, 1.165) is 15.6 Å². The van der Waals surface area contributed by atoms with Crippen LogP contribution in [0.1, 0.15) is 11.3 Å². The van der Waals surface area contributed by atoms with Crippen LogP contribution in [0.5, 0.6) is 0 Å². The third-order valence-corrected chi connectivity index (χ3v) is 3.98. The van der Waals surface area contributed by atoms with E-state index in [1.807, 2.05) is 19.1 Å². The van der Waals surface area contributed by atoms with Gasteiger partial charge in [0.25, 0.3) is 0 Å². The molecule has 0 radical (unpaired) electrons. The number of aryl methyl sites for hydroxylation is 1. The minimum Gasteiger partial charge on any atom is -0.326 e. The monoisotopic (exact) mass is 236 g/mol. The number of nitrogens with two attached hydrogens (primary N) is 1. The summed E-state index contributed by atoms with van der Waals surface area (Å²) in [4.78, 5) is 5.61. The highest BCUT2D eigenvalue weighted by Gasteiger charge is 2.01. The topological polar surface area (TPSA) is 38.9 Å². The standard InChI is InChI=1S/C11H12N2S2/c1-8-7-14-11(13-8)15-10-4-2-3-9(5-10)6-12/h2-5,7H,6,12H2,1H3. The largest absolute Gasteiger partial charge is 0.326 e. The van der Waals surface area contributed by atoms with Crippen LogP contribution in [0, 0.1) is 6.92 Å². The average Bonchev–Trinajstić information content (AvgIpc) is 2.64. The molecule has 2 rings (SSSR count). The molecule has 0 saturated heterocycles. The van der Waals surface area contributed by atoms with Crippen LogP contribution in [0.15, 0.2) is 38.9 Å². The Bertz CT molecular complexity index is 451. The minimum atomic E-state index is 0.589. The van der Waals surface area contributed by atoms with E-state index in [1.165, 1.54) is 4.90 Å². The summed E-state index contributed by atoms with van der Waals surface area (Å²) in [5.41, 5.74) is 7.84. The first-order valence-electron chi connectivity index (χ1n) is 4.67. The van der Waals surface area contributed by atoms with Gasteiger partial charge in [0.15, 0.2) is 4.34 Å². The van der Waals surface area contributed by atoms with Crippen molar-refractivity contribution < 1.29 is 0 Å². The van der Waals surface area contributed by atoms with E-state index in [2.05, 4.69) is 22.5 Å². The van der Waals surface area contributed by atoms with E-state index in [9.17, 15) is 0 Å². The van der Waals surface area contributed by atoms with Gasteiger partial charge in [-0.3, -0.25) is 0 Å². The highest BCUT2D eigenvalue weighted by Crippen LogP contribution is 2.30. The zero-order valence-electron chi connectivity index (χ0n) is 8.43. The van der Waals surface area contributed by atoms with E-state index >= 15 is 0 Å². The highest BCUT2D eigenvalue weighted by molar-refractivity contribution is 8.01. The Morgan fingerprint density at radius 3 is 3.00 bits per heavy atom. The van der Waals surface area contributed by atoms with Crippen molar-refractivity contribution >= 4 is 23.1 Å². The predicted molar refractivity (Wildman–Crippen MR) is 65.3 cm³/mol. The Balaban J connectivity index is 2.16. The Kier molecular flexibility index (Phi) is 3.41. The van der Waals surface area contributed by atoms with Crippen LogP contribution in [-0.4, -0.2) is 4.98 Å². The molecule has 15 heavy (non-hydrogen) atoms. The van der Waals surface area contributed by atoms with Gasteiger partial charge in [0.2, 0.25) is 0 Å². The van der Waals surface area contributed by atoms with E-state index in [-0.39, 0.29) is 0 Å². The number of hydrogen-bond acceptors (Lipinski definition) is 4. The molecule has 2 N–H and O–H groups in total. The fourth-order valence-electron chi connectivity index (χ4n) is 1.22. The van der Waals surface area contributed by atoms with Gasteiger partial charge in [-0.05, 0) is 24.6 Å². The van der Waals surface area contributed by atoms with Crippen molar-refractivity contribution in [2.24, 2.45) is 5.73 Å². The van der Waals surface area contributed by atoms with Crippen LogP contribution in [0.25, 0.3) is 0 Å². The molecular formula is C11H12N2S2. The van der Waals surface area contributed by atoms with Crippen molar-refractivity contribution in [3.8, 4) is 0 Å². The quantitative estimate of drug-likeness (QED) is 0.890. The summed E-state index contributed by atoms with van der Waals surface area (Å²) in [6.07, 6.45) is 0. The third kappa shape index (κ3) is 2.81. The zero-order chi connectivity index (χ0) is 10.7. The molecule has 1 aromatic carbocycles. The number of thiazole rings is 1. The molecule has 78 valence electrons. The number of benzene rings is 1. The zero-order valence-corrected chi connectivity index (χ0v) is 10.1. The van der Waals surface area contributed by atoms with Gasteiger partial charge in [0, 0.05) is 22.5 Å². The minimum absolute atomic E-state index is 0.589. The Labute approximate surface area is 97.5 Å². The molecule has 1 heterocycles. The first-order valence-corrected chi connectivity index (χ1v) is 6.36. The highest BCUT2D eigenvalue weighted by atomic mass is 32.2. The summed E-state index contributed by atoms with van der Waals surface area (Å²) in [7, 11) is 0. The third-order valence-electron chi connectivity index (χ3n) is 1.94. The fraction of sp³-hybridized carbons (Fsp3) is 0.182. The maximum absolute atomic E-state index is 5.59. The number of hydrogen-bond donors (Lipinski definition) is 1. The fourth-order valence-corrected chi connectivity index (χ4v) is 3.11. The maximum Gasteiger partial charge on any atom is 0.154 e. The lowest BCUT2D eigenvalue weighted by atomic mass is 10.2. The van der Waals surface area contributed by atoms with Gasteiger partial charge in [-0.1, -0.05) is 23.9 Å². The van der Waals surface area contributed by atoms with Crippen molar-refractivity contribution in [2.75, 3.05) is 0 Å². The second-order valence-corrected chi connectivity index (χ2v) is 5.39. The first-order chi connectivity index (χ1) is 7.28. The number of aromatic nitrogens is 1. The molecule has 2 aromatic rings. The molecule has 0 spiro atoms. The SMILES string of the molecule is Cc1csc(Sc2cccc(CN)c2)n1. The van der Waals surface area contributed by atoms with E-state index < -0.39 is 0 Å². The second kappa shape index (κ2) is 4.79. The molecule has 0 unspecified atom stereocenters. The van der Waals surface area contributed by atoms with Gasteiger partial charge in [-0.15, -0.1) is 11.3 Å². The molecule has 0 aliphatic carbocycles. The molecule has 1 aromatic heterocycles. The van der Waals surface area contributed by atoms with Crippen molar-refractivity contribution in [1.29, 1.82) is 0 Å². The Hall–Kier alpha value is -0.840. The van der Waals surface area contributed by atoms with E-state index in [4.69, 9.17) is 5.73 Å². The predicted octanol–water partition coefficient (Wildman–Crippen LogP) is 3.06. The van der Waals surface area contributed by atoms with Gasteiger partial charge < -0.3 is 5.73 Å². The summed E-state index contributed by atoms with van der Waals surface area (Å²) < 4.78 is 1.08. The van der Waals surface area contributed by atoms with Crippen LogP contribution in [0.4, 0.5) is 0 Å². The molecule has 0 amide bonds. The number of rotatable bonds is 3. The van der Waals surface area contributed by atoms with Gasteiger partial charge in [0.05, 0.1) is 0 Å². The molecule has 2 nitrogen and oxygen atoms in total. The summed E-state index contributed by atoms with van der Waals surface area (Å²) >= 11 is 3.37. The van der Waals surface area contributed by atoms with Crippen molar-refractivity contribution in [2.45, 2.75) is 22.7 Å². The van der Waals surface area contributed by atoms with Crippen LogP contribution >= 0.6 is 23.1 Å². The summed E-state index contributed by atoms with van der Waals surface area (Å²) in [6, 6.07) is 8.27. The van der Waals surface area contributed by atoms with Crippen molar-refractivity contribution in [3.63, 3.8) is 0 Å². The maximum atomic E-state index is 5.59. The molecule has 0 bridgehead atoms. The van der Waals surface area contributed by atoms with Gasteiger partial charge in [-0.2, -0.15) is 0 Å². The normalized spacial score (nSPS) is 10.5. The molecule has 0 saturated carbocycles. The van der Waals surface area contributed by atoms with Gasteiger partial charge >= 0.3 is 0 Å². The molecule has 0 aliphatic rings. The van der Waals surface area contributed by atoms with Gasteiger partial charge in [-0.25, -0.2) is 4.98 Å². The lowest BCUT2D eigenvalue weighted by Gasteiger charge is -2.00. The summed E-state index contributed by atoms with van der Waals surface area (Å²) in [5, 5.41) is 2.06. The average molecular weight is 236 g/mol. The molecule has 0 atom stereocenters. The Morgan fingerprint density at radius 1 is 1.47 bits per heavy atom. The van der Waals surface area contributed by atoms with Crippen LogP contribution in [-0.2, 0) is 6.54 Å². The van der Waals surface area contributed by atoms with Crippen LogP contribution < -0.4 is 5.73 Å². The molecule has 0 fully saturated rings. The Morgan fingerprint density at radius 2 is 2.33 bits per heavy atom. The summed E-state index contributed by atoms with van der Waals surface area (Å²) in [6.45, 7) is 2.60.